The van der Waals surface area contributed by atoms with Gasteiger partial charge < -0.3 is 15.4 Å². The highest BCUT2D eigenvalue weighted by atomic mass is 127. The van der Waals surface area contributed by atoms with E-state index < -0.39 is 0 Å². The molecule has 0 saturated carbocycles. The Morgan fingerprint density at radius 2 is 1.89 bits per heavy atom. The van der Waals surface area contributed by atoms with Gasteiger partial charge in [0.05, 0.1) is 6.54 Å². The predicted octanol–water partition coefficient (Wildman–Crippen LogP) is 4.83. The number of benzene rings is 1. The topological polar surface area (TPSA) is 58.5 Å². The molecule has 0 unspecified atom stereocenters. The summed E-state index contributed by atoms with van der Waals surface area (Å²) in [5.74, 6) is 1.49. The molecule has 0 amide bonds. The minimum atomic E-state index is -0.297. The van der Waals surface area contributed by atoms with Gasteiger partial charge in [0.2, 0.25) is 5.88 Å². The Labute approximate surface area is 188 Å². The van der Waals surface area contributed by atoms with Crippen LogP contribution in [-0.2, 0) is 6.54 Å². The molecule has 154 valence electrons. The summed E-state index contributed by atoms with van der Waals surface area (Å²) in [4.78, 5) is 8.90. The van der Waals surface area contributed by atoms with Gasteiger partial charge >= 0.3 is 0 Å². The summed E-state index contributed by atoms with van der Waals surface area (Å²) >= 11 is 1.81. The van der Waals surface area contributed by atoms with Crippen LogP contribution in [0.25, 0.3) is 0 Å². The normalized spacial score (nSPS) is 11.5. The average Bonchev–Trinajstić information content (AvgIpc) is 2.67. The Balaban J connectivity index is 0.00000392. The van der Waals surface area contributed by atoms with Gasteiger partial charge in [0, 0.05) is 30.1 Å². The molecule has 0 aliphatic rings. The van der Waals surface area contributed by atoms with Gasteiger partial charge in [-0.25, -0.2) is 14.4 Å². The van der Waals surface area contributed by atoms with E-state index in [-0.39, 0.29) is 34.5 Å². The molecule has 5 nitrogen and oxygen atoms in total. The number of guanidine groups is 1. The van der Waals surface area contributed by atoms with Crippen LogP contribution < -0.4 is 15.4 Å². The number of aromatic nitrogens is 1. The number of rotatable bonds is 8. The molecule has 1 aromatic heterocycles. The number of pyridine rings is 1. The van der Waals surface area contributed by atoms with Crippen molar-refractivity contribution in [3.05, 3.63) is 54.0 Å². The van der Waals surface area contributed by atoms with Crippen molar-refractivity contribution >= 4 is 41.7 Å². The molecule has 0 radical (unpaired) electrons. The van der Waals surface area contributed by atoms with E-state index in [1.807, 2.05) is 24.8 Å². The van der Waals surface area contributed by atoms with Crippen LogP contribution in [0.3, 0.4) is 0 Å². The Hall–Kier alpha value is -1.55. The third-order valence-electron chi connectivity index (χ3n) is 3.83. The minimum Gasteiger partial charge on any atom is -0.439 e. The molecule has 0 aliphatic heterocycles. The third kappa shape index (κ3) is 8.64. The molecular formula is C20H28FIN4OS. The van der Waals surface area contributed by atoms with Crippen molar-refractivity contribution in [2.24, 2.45) is 4.99 Å². The fourth-order valence-electron chi connectivity index (χ4n) is 2.07. The summed E-state index contributed by atoms with van der Waals surface area (Å²) in [5, 5.41) is 6.63. The Bertz CT molecular complexity index is 739. The lowest BCUT2D eigenvalue weighted by Gasteiger charge is -2.23. The third-order valence-corrected chi connectivity index (χ3v) is 5.08. The lowest BCUT2D eigenvalue weighted by atomic mass is 10.2. The highest BCUT2D eigenvalue weighted by molar-refractivity contribution is 14.0. The van der Waals surface area contributed by atoms with Crippen LogP contribution in [0, 0.1) is 5.82 Å². The molecule has 0 saturated heterocycles. The van der Waals surface area contributed by atoms with E-state index in [1.54, 1.807) is 24.4 Å². The Kier molecular flexibility index (Phi) is 10.6. The molecule has 28 heavy (non-hydrogen) atoms. The molecule has 0 spiro atoms. The summed E-state index contributed by atoms with van der Waals surface area (Å²) in [6.07, 6.45) is 3.84. The standard InChI is InChI=1S/C20H27FN4OS.HI/c1-5-22-19(25-14-20(2,3)27-4)24-13-15-6-11-18(23-12-15)26-17-9-7-16(21)8-10-17;/h6-12H,5,13-14H2,1-4H3,(H2,22,24,25);1H. The second-order valence-corrected chi connectivity index (χ2v) is 8.09. The van der Waals surface area contributed by atoms with E-state index in [2.05, 4.69) is 40.7 Å². The van der Waals surface area contributed by atoms with E-state index in [0.717, 1.165) is 24.6 Å². The van der Waals surface area contributed by atoms with E-state index in [9.17, 15) is 4.39 Å². The van der Waals surface area contributed by atoms with Crippen LogP contribution >= 0.6 is 35.7 Å². The van der Waals surface area contributed by atoms with Gasteiger partial charge in [-0.1, -0.05) is 6.07 Å². The van der Waals surface area contributed by atoms with Gasteiger partial charge in [0.15, 0.2) is 5.96 Å². The fourth-order valence-corrected chi connectivity index (χ4v) is 2.29. The van der Waals surface area contributed by atoms with Gasteiger partial charge in [0.1, 0.15) is 11.6 Å². The molecule has 2 aromatic rings. The highest BCUT2D eigenvalue weighted by Crippen LogP contribution is 2.20. The molecule has 1 aromatic carbocycles. The number of hydrogen-bond donors (Lipinski definition) is 2. The molecule has 1 heterocycles. The first-order chi connectivity index (χ1) is 12.9. The summed E-state index contributed by atoms with van der Waals surface area (Å²) < 4.78 is 18.7. The number of nitrogens with zero attached hydrogens (tertiary/aromatic N) is 2. The number of aliphatic imine (C=N–C) groups is 1. The maximum absolute atomic E-state index is 12.9. The van der Waals surface area contributed by atoms with Gasteiger partial charge in [-0.2, -0.15) is 11.8 Å². The summed E-state index contributed by atoms with van der Waals surface area (Å²) in [6, 6.07) is 9.55. The van der Waals surface area contributed by atoms with Crippen molar-refractivity contribution in [1.82, 2.24) is 15.6 Å². The highest BCUT2D eigenvalue weighted by Gasteiger charge is 2.16. The quantitative estimate of drug-likeness (QED) is 0.298. The molecule has 0 aliphatic carbocycles. The summed E-state index contributed by atoms with van der Waals surface area (Å²) in [6.45, 7) is 8.56. The van der Waals surface area contributed by atoms with Crippen molar-refractivity contribution in [3.8, 4) is 11.6 Å². The zero-order valence-electron chi connectivity index (χ0n) is 16.7. The molecular weight excluding hydrogens is 490 g/mol. The van der Waals surface area contributed by atoms with Crippen LogP contribution in [0.1, 0.15) is 26.3 Å². The molecule has 0 atom stereocenters. The maximum atomic E-state index is 12.9. The number of halogens is 2. The van der Waals surface area contributed by atoms with Crippen molar-refractivity contribution in [2.45, 2.75) is 32.1 Å². The van der Waals surface area contributed by atoms with Crippen molar-refractivity contribution in [2.75, 3.05) is 19.3 Å². The SMILES string of the molecule is CCNC(=NCc1ccc(Oc2ccc(F)cc2)nc1)NCC(C)(C)SC.I. The minimum absolute atomic E-state index is 0. The molecule has 8 heteroatoms. The first-order valence-corrected chi connectivity index (χ1v) is 10.1. The smallest absolute Gasteiger partial charge is 0.219 e. The first-order valence-electron chi connectivity index (χ1n) is 8.87. The number of nitrogens with one attached hydrogen (secondary N) is 2. The number of ether oxygens (including phenoxy) is 1. The van der Waals surface area contributed by atoms with E-state index >= 15 is 0 Å². The largest absolute Gasteiger partial charge is 0.439 e. The van der Waals surface area contributed by atoms with Crippen molar-refractivity contribution in [3.63, 3.8) is 0 Å². The van der Waals surface area contributed by atoms with Crippen LogP contribution in [0.15, 0.2) is 47.6 Å². The lowest BCUT2D eigenvalue weighted by molar-refractivity contribution is 0.461. The summed E-state index contributed by atoms with van der Waals surface area (Å²) in [7, 11) is 0. The Morgan fingerprint density at radius 1 is 1.18 bits per heavy atom. The Morgan fingerprint density at radius 3 is 2.46 bits per heavy atom. The van der Waals surface area contributed by atoms with Crippen molar-refractivity contribution in [1.29, 1.82) is 0 Å². The fraction of sp³-hybridized carbons (Fsp3) is 0.400. The van der Waals surface area contributed by atoms with Gasteiger partial charge in [-0.15, -0.1) is 24.0 Å². The van der Waals surface area contributed by atoms with Crippen LogP contribution in [0.2, 0.25) is 0 Å². The average molecular weight is 518 g/mol. The van der Waals surface area contributed by atoms with E-state index in [4.69, 9.17) is 4.74 Å². The molecule has 2 N–H and O–H groups in total. The molecule has 0 bridgehead atoms. The molecule has 2 rings (SSSR count). The predicted molar refractivity (Wildman–Crippen MR) is 127 cm³/mol. The second-order valence-electron chi connectivity index (χ2n) is 6.57. The maximum Gasteiger partial charge on any atom is 0.219 e. The zero-order chi connectivity index (χ0) is 19.7. The second kappa shape index (κ2) is 12.1. The molecule has 0 fully saturated rings. The first kappa shape index (κ1) is 24.5. The van der Waals surface area contributed by atoms with Crippen LogP contribution in [0.4, 0.5) is 4.39 Å². The van der Waals surface area contributed by atoms with Crippen LogP contribution in [0.5, 0.6) is 11.6 Å². The number of thioether (sulfide) groups is 1. The summed E-state index contributed by atoms with van der Waals surface area (Å²) in [5.41, 5.74) is 0.975. The lowest BCUT2D eigenvalue weighted by Crippen LogP contribution is -2.43. The van der Waals surface area contributed by atoms with Crippen LogP contribution in [-0.4, -0.2) is 35.0 Å². The zero-order valence-corrected chi connectivity index (χ0v) is 19.8. The van der Waals surface area contributed by atoms with Gasteiger partial charge in [0.25, 0.3) is 0 Å². The monoisotopic (exact) mass is 518 g/mol. The van der Waals surface area contributed by atoms with E-state index in [1.165, 1.54) is 12.1 Å². The van der Waals surface area contributed by atoms with E-state index in [0.29, 0.717) is 18.2 Å². The van der Waals surface area contributed by atoms with Gasteiger partial charge in [-0.05, 0) is 56.9 Å². The number of hydrogen-bond acceptors (Lipinski definition) is 4. The van der Waals surface area contributed by atoms with Gasteiger partial charge in [-0.3, -0.25) is 0 Å². The van der Waals surface area contributed by atoms with Crippen molar-refractivity contribution < 1.29 is 9.13 Å².